The Morgan fingerprint density at radius 2 is 2.40 bits per heavy atom. The lowest BCUT2D eigenvalue weighted by Gasteiger charge is -2.23. The fraction of sp³-hybridized carbons (Fsp3) is 0.643. The van der Waals surface area contributed by atoms with E-state index >= 15 is 0 Å². The highest BCUT2D eigenvalue weighted by molar-refractivity contribution is 9.10. The smallest absolute Gasteiger partial charge is 0.306 e. The van der Waals surface area contributed by atoms with Crippen molar-refractivity contribution in [1.82, 2.24) is 4.90 Å². The van der Waals surface area contributed by atoms with Crippen LogP contribution in [-0.2, 0) is 20.8 Å². The third kappa shape index (κ3) is 4.92. The molecule has 1 atom stereocenters. The lowest BCUT2D eigenvalue weighted by Crippen LogP contribution is -2.33. The van der Waals surface area contributed by atoms with E-state index in [9.17, 15) is 4.79 Å². The molecule has 1 fully saturated rings. The van der Waals surface area contributed by atoms with Crippen LogP contribution in [0.3, 0.4) is 0 Å². The Balaban J connectivity index is 1.89. The molecule has 1 unspecified atom stereocenters. The molecule has 0 N–H and O–H groups in total. The van der Waals surface area contributed by atoms with Crippen LogP contribution in [0.4, 0.5) is 0 Å². The van der Waals surface area contributed by atoms with Gasteiger partial charge in [0.2, 0.25) is 0 Å². The van der Waals surface area contributed by atoms with Gasteiger partial charge in [-0.3, -0.25) is 9.69 Å². The predicted molar refractivity (Wildman–Crippen MR) is 77.3 cm³/mol. The van der Waals surface area contributed by atoms with Crippen molar-refractivity contribution in [3.63, 3.8) is 0 Å². The topological polar surface area (TPSA) is 51.9 Å². The maximum atomic E-state index is 11.3. The second kappa shape index (κ2) is 7.81. The first kappa shape index (κ1) is 15.5. The summed E-state index contributed by atoms with van der Waals surface area (Å²) in [4.78, 5) is 13.5. The zero-order valence-corrected chi connectivity index (χ0v) is 13.2. The molecule has 1 aliphatic heterocycles. The molecule has 0 saturated carbocycles. The number of hydrogen-bond donors (Lipinski definition) is 0. The van der Waals surface area contributed by atoms with Gasteiger partial charge in [-0.2, -0.15) is 0 Å². The summed E-state index contributed by atoms with van der Waals surface area (Å²) in [5, 5.41) is 0. The monoisotopic (exact) mass is 345 g/mol. The number of ether oxygens (including phenoxy) is 2. The molecule has 2 heterocycles. The van der Waals surface area contributed by atoms with Crippen LogP contribution in [0.15, 0.2) is 21.2 Å². The molecule has 112 valence electrons. The lowest BCUT2D eigenvalue weighted by atomic mass is 10.2. The van der Waals surface area contributed by atoms with E-state index in [4.69, 9.17) is 13.9 Å². The number of rotatable bonds is 7. The predicted octanol–water partition coefficient (Wildman–Crippen LogP) is 2.59. The fourth-order valence-corrected chi connectivity index (χ4v) is 2.66. The molecule has 5 nitrogen and oxygen atoms in total. The van der Waals surface area contributed by atoms with Crippen LogP contribution in [0.1, 0.15) is 25.0 Å². The molecule has 0 aliphatic carbocycles. The highest BCUT2D eigenvalue weighted by Crippen LogP contribution is 2.18. The van der Waals surface area contributed by atoms with Crippen molar-refractivity contribution in [1.29, 1.82) is 0 Å². The fourth-order valence-electron chi connectivity index (χ4n) is 2.32. The van der Waals surface area contributed by atoms with Gasteiger partial charge >= 0.3 is 5.97 Å². The first-order chi connectivity index (χ1) is 9.67. The summed E-state index contributed by atoms with van der Waals surface area (Å²) in [5.41, 5.74) is 0. The summed E-state index contributed by atoms with van der Waals surface area (Å²) >= 11 is 3.30. The number of carbonyl (C=O) groups excluding carboxylic acids is 1. The molecule has 6 heteroatoms. The van der Waals surface area contributed by atoms with Crippen molar-refractivity contribution in [2.45, 2.75) is 31.9 Å². The molecule has 1 aromatic heterocycles. The number of furan rings is 1. The largest absolute Gasteiger partial charge is 0.469 e. The second-order valence-corrected chi connectivity index (χ2v) is 5.68. The van der Waals surface area contributed by atoms with E-state index < -0.39 is 0 Å². The molecule has 0 radical (unpaired) electrons. The number of esters is 1. The van der Waals surface area contributed by atoms with Crippen LogP contribution in [0.5, 0.6) is 0 Å². The Morgan fingerprint density at radius 1 is 1.55 bits per heavy atom. The van der Waals surface area contributed by atoms with Crippen molar-refractivity contribution >= 4 is 21.9 Å². The first-order valence-electron chi connectivity index (χ1n) is 6.82. The standard InChI is InChI=1S/C14H20BrNO4/c1-18-14(17)6-7-16(9-11-3-2-8-19-11)10-12-4-5-13(15)20-12/h4-5,11H,2-3,6-10H2,1H3. The Kier molecular flexibility index (Phi) is 6.06. The summed E-state index contributed by atoms with van der Waals surface area (Å²) in [5.74, 6) is 0.683. The Hall–Kier alpha value is -0.850. The number of nitrogens with zero attached hydrogens (tertiary/aromatic N) is 1. The summed E-state index contributed by atoms with van der Waals surface area (Å²) in [6, 6.07) is 3.81. The van der Waals surface area contributed by atoms with E-state index in [1.807, 2.05) is 12.1 Å². The molecule has 1 aliphatic rings. The molecule has 20 heavy (non-hydrogen) atoms. The van der Waals surface area contributed by atoms with E-state index in [-0.39, 0.29) is 12.1 Å². The van der Waals surface area contributed by atoms with Crippen molar-refractivity contribution < 1.29 is 18.7 Å². The molecule has 0 amide bonds. The van der Waals surface area contributed by atoms with Gasteiger partial charge in [-0.15, -0.1) is 0 Å². The van der Waals surface area contributed by atoms with Gasteiger partial charge in [-0.05, 0) is 40.9 Å². The summed E-state index contributed by atoms with van der Waals surface area (Å²) < 4.78 is 16.6. The van der Waals surface area contributed by atoms with Crippen LogP contribution in [0.25, 0.3) is 0 Å². The van der Waals surface area contributed by atoms with Gasteiger partial charge in [-0.25, -0.2) is 0 Å². The van der Waals surface area contributed by atoms with E-state index in [1.165, 1.54) is 7.11 Å². The normalized spacial score (nSPS) is 18.6. The average Bonchev–Trinajstić information content (AvgIpc) is 3.07. The van der Waals surface area contributed by atoms with E-state index in [0.717, 1.165) is 36.4 Å². The van der Waals surface area contributed by atoms with Gasteiger partial charge in [0.1, 0.15) is 5.76 Å². The molecular weight excluding hydrogens is 326 g/mol. The van der Waals surface area contributed by atoms with Crippen LogP contribution in [-0.4, -0.2) is 43.8 Å². The van der Waals surface area contributed by atoms with Crippen LogP contribution in [0, 0.1) is 0 Å². The SMILES string of the molecule is COC(=O)CCN(Cc1ccc(Br)o1)CC1CCCO1. The molecular formula is C14H20BrNO4. The third-order valence-electron chi connectivity index (χ3n) is 3.35. The second-order valence-electron chi connectivity index (χ2n) is 4.90. The summed E-state index contributed by atoms with van der Waals surface area (Å²) in [6.07, 6.45) is 2.83. The van der Waals surface area contributed by atoms with Crippen molar-refractivity contribution in [3.05, 3.63) is 22.6 Å². The van der Waals surface area contributed by atoms with E-state index in [2.05, 4.69) is 20.8 Å². The Bertz CT molecular complexity index is 429. The van der Waals surface area contributed by atoms with Gasteiger partial charge in [0.25, 0.3) is 0 Å². The molecule has 1 aromatic rings. The third-order valence-corrected chi connectivity index (χ3v) is 3.78. The van der Waals surface area contributed by atoms with Crippen LogP contribution >= 0.6 is 15.9 Å². The Morgan fingerprint density at radius 3 is 3.00 bits per heavy atom. The van der Waals surface area contributed by atoms with Crippen molar-refractivity contribution in [3.8, 4) is 0 Å². The quantitative estimate of drug-likeness (QED) is 0.711. The van der Waals surface area contributed by atoms with Crippen molar-refractivity contribution in [2.24, 2.45) is 0 Å². The maximum Gasteiger partial charge on any atom is 0.306 e. The van der Waals surface area contributed by atoms with Gasteiger partial charge in [0.15, 0.2) is 4.67 Å². The maximum absolute atomic E-state index is 11.3. The molecule has 1 saturated heterocycles. The summed E-state index contributed by atoms with van der Waals surface area (Å²) in [6.45, 7) is 2.96. The summed E-state index contributed by atoms with van der Waals surface area (Å²) in [7, 11) is 1.41. The molecule has 0 bridgehead atoms. The highest BCUT2D eigenvalue weighted by atomic mass is 79.9. The van der Waals surface area contributed by atoms with Gasteiger partial charge in [0, 0.05) is 19.7 Å². The minimum absolute atomic E-state index is 0.192. The number of methoxy groups -OCH3 is 1. The molecule has 2 rings (SSSR count). The number of hydrogen-bond acceptors (Lipinski definition) is 5. The highest BCUT2D eigenvalue weighted by Gasteiger charge is 2.20. The average molecular weight is 346 g/mol. The molecule has 0 aromatic carbocycles. The number of carbonyl (C=O) groups is 1. The first-order valence-corrected chi connectivity index (χ1v) is 7.61. The minimum atomic E-state index is -0.192. The van der Waals surface area contributed by atoms with Crippen LogP contribution in [0.2, 0.25) is 0 Å². The minimum Gasteiger partial charge on any atom is -0.469 e. The van der Waals surface area contributed by atoms with E-state index in [0.29, 0.717) is 19.5 Å². The van der Waals surface area contributed by atoms with Crippen LogP contribution < -0.4 is 0 Å². The molecule has 0 spiro atoms. The van der Waals surface area contributed by atoms with Gasteiger partial charge in [0.05, 0.1) is 26.2 Å². The zero-order valence-electron chi connectivity index (χ0n) is 11.6. The zero-order chi connectivity index (χ0) is 14.4. The lowest BCUT2D eigenvalue weighted by molar-refractivity contribution is -0.141. The van der Waals surface area contributed by atoms with Gasteiger partial charge in [-0.1, -0.05) is 0 Å². The van der Waals surface area contributed by atoms with Crippen molar-refractivity contribution in [2.75, 3.05) is 26.8 Å². The Labute approximate surface area is 127 Å². The van der Waals surface area contributed by atoms with E-state index in [1.54, 1.807) is 0 Å². The number of halogens is 1. The van der Waals surface area contributed by atoms with Gasteiger partial charge < -0.3 is 13.9 Å².